The first-order valence-electron chi connectivity index (χ1n) is 9.98. The van der Waals surface area contributed by atoms with E-state index in [4.69, 9.17) is 0 Å². The minimum absolute atomic E-state index is 0.0101. The molecule has 0 radical (unpaired) electrons. The minimum Gasteiger partial charge on any atom is -0.356 e. The van der Waals surface area contributed by atoms with Crippen molar-refractivity contribution in [1.29, 1.82) is 0 Å². The van der Waals surface area contributed by atoms with Crippen LogP contribution in [0.4, 0.5) is 14.7 Å². The van der Waals surface area contributed by atoms with Crippen LogP contribution in [0.15, 0.2) is 30.6 Å². The van der Waals surface area contributed by atoms with Crippen LogP contribution in [0.3, 0.4) is 0 Å². The van der Waals surface area contributed by atoms with E-state index in [2.05, 4.69) is 30.7 Å². The summed E-state index contributed by atoms with van der Waals surface area (Å²) in [5.41, 5.74) is 3.14. The molecule has 1 atom stereocenters. The molecule has 11 heteroatoms. The Morgan fingerprint density at radius 2 is 2.16 bits per heavy atom. The summed E-state index contributed by atoms with van der Waals surface area (Å²) in [6.07, 6.45) is 2.17. The van der Waals surface area contributed by atoms with Crippen molar-refractivity contribution in [3.05, 3.63) is 36.4 Å². The molecule has 0 aromatic carbocycles. The van der Waals surface area contributed by atoms with E-state index in [9.17, 15) is 13.6 Å². The molecule has 1 saturated heterocycles. The average molecular weight is 426 g/mol. The number of alkyl halides is 2. The molecule has 9 nitrogen and oxygen atoms in total. The smallest absolute Gasteiger partial charge is 0.256 e. The number of nitrogens with one attached hydrogen (secondary N) is 2. The van der Waals surface area contributed by atoms with Gasteiger partial charge in [-0.3, -0.25) is 4.79 Å². The maximum absolute atomic E-state index is 13.0. The zero-order chi connectivity index (χ0) is 21.5. The van der Waals surface area contributed by atoms with Crippen LogP contribution >= 0.6 is 0 Å². The van der Waals surface area contributed by atoms with Gasteiger partial charge in [-0.25, -0.2) is 28.2 Å². The standard InChI is InChI=1S/C20H20F2N8O/c1-11-25-15-3-2-14(27-19(15)29(11)10-17(21)22)13-5-7-30-16(13)9-24-20(28-30)26-12-4-6-23-18(31)8-12/h2-3,5,7,9,12,17H,4,6,8,10H2,1H3,(H,23,31)(H,26,28). The molecule has 1 unspecified atom stereocenters. The normalized spacial score (nSPS) is 16.9. The first-order valence-corrected chi connectivity index (χ1v) is 9.98. The van der Waals surface area contributed by atoms with E-state index in [1.165, 1.54) is 4.57 Å². The van der Waals surface area contributed by atoms with Crippen molar-refractivity contribution in [2.24, 2.45) is 0 Å². The summed E-state index contributed by atoms with van der Waals surface area (Å²) in [5.74, 6) is 0.941. The van der Waals surface area contributed by atoms with Crippen molar-refractivity contribution in [2.75, 3.05) is 11.9 Å². The van der Waals surface area contributed by atoms with Crippen LogP contribution in [0, 0.1) is 6.92 Å². The molecule has 160 valence electrons. The molecule has 2 N–H and O–H groups in total. The number of pyridine rings is 1. The third-order valence-corrected chi connectivity index (χ3v) is 5.38. The molecule has 0 saturated carbocycles. The Balaban J connectivity index is 1.47. The highest BCUT2D eigenvalue weighted by atomic mass is 19.3. The molecule has 0 bridgehead atoms. The predicted molar refractivity (Wildman–Crippen MR) is 110 cm³/mol. The molecule has 0 aliphatic carbocycles. The highest BCUT2D eigenvalue weighted by Gasteiger charge is 2.20. The van der Waals surface area contributed by atoms with Crippen molar-refractivity contribution in [1.82, 2.24) is 34.4 Å². The number of aromatic nitrogens is 6. The van der Waals surface area contributed by atoms with Gasteiger partial charge in [0.1, 0.15) is 11.3 Å². The molecule has 4 aromatic heterocycles. The van der Waals surface area contributed by atoms with Crippen LogP contribution in [-0.4, -0.2) is 54.1 Å². The number of carbonyl (C=O) groups is 1. The highest BCUT2D eigenvalue weighted by Crippen LogP contribution is 2.26. The summed E-state index contributed by atoms with van der Waals surface area (Å²) in [7, 11) is 0. The van der Waals surface area contributed by atoms with Crippen molar-refractivity contribution in [2.45, 2.75) is 38.8 Å². The van der Waals surface area contributed by atoms with E-state index >= 15 is 0 Å². The van der Waals surface area contributed by atoms with Crippen LogP contribution in [0.25, 0.3) is 27.9 Å². The van der Waals surface area contributed by atoms with E-state index in [0.717, 1.165) is 17.5 Å². The molecule has 5 rings (SSSR count). The molecule has 1 amide bonds. The number of piperidine rings is 1. The first-order chi connectivity index (χ1) is 15.0. The molecule has 1 aliphatic rings. The monoisotopic (exact) mass is 426 g/mol. The van der Waals surface area contributed by atoms with Crippen LogP contribution in [0.1, 0.15) is 18.7 Å². The molecular formula is C20H20F2N8O. The first kappa shape index (κ1) is 19.3. The van der Waals surface area contributed by atoms with Gasteiger partial charge in [0, 0.05) is 30.8 Å². The third-order valence-electron chi connectivity index (χ3n) is 5.38. The van der Waals surface area contributed by atoms with E-state index in [0.29, 0.717) is 41.6 Å². The lowest BCUT2D eigenvalue weighted by atomic mass is 10.1. The van der Waals surface area contributed by atoms with Crippen molar-refractivity contribution in [3.8, 4) is 11.3 Å². The number of aryl methyl sites for hydroxylation is 1. The molecule has 0 spiro atoms. The SMILES string of the molecule is Cc1nc2ccc(-c3ccn4nc(NC5CCNC(=O)C5)ncc34)nc2n1CC(F)F. The number of fused-ring (bicyclic) bond motifs is 2. The molecule has 4 aromatic rings. The van der Waals surface area contributed by atoms with Gasteiger partial charge >= 0.3 is 0 Å². The quantitative estimate of drug-likeness (QED) is 0.508. The van der Waals surface area contributed by atoms with Gasteiger partial charge in [0.05, 0.1) is 24.0 Å². The van der Waals surface area contributed by atoms with Crippen molar-refractivity contribution >= 4 is 28.5 Å². The van der Waals surface area contributed by atoms with Gasteiger partial charge in [0.15, 0.2) is 5.65 Å². The number of hydrogen-bond acceptors (Lipinski definition) is 6. The van der Waals surface area contributed by atoms with Gasteiger partial charge in [0.25, 0.3) is 6.43 Å². The molecule has 1 aliphatic heterocycles. The van der Waals surface area contributed by atoms with Gasteiger partial charge in [-0.2, -0.15) is 0 Å². The Bertz CT molecular complexity index is 1280. The topological polar surface area (TPSA) is 102 Å². The number of carbonyl (C=O) groups excluding carboxylic acids is 1. The number of anilines is 1. The number of imidazole rings is 1. The number of hydrogen-bond donors (Lipinski definition) is 2. The second kappa shape index (κ2) is 7.56. The second-order valence-corrected chi connectivity index (χ2v) is 7.52. The Morgan fingerprint density at radius 1 is 1.29 bits per heavy atom. The average Bonchev–Trinajstić information content (AvgIpc) is 3.28. The van der Waals surface area contributed by atoms with E-state index < -0.39 is 13.0 Å². The van der Waals surface area contributed by atoms with Crippen molar-refractivity contribution < 1.29 is 13.6 Å². The lowest BCUT2D eigenvalue weighted by molar-refractivity contribution is -0.122. The molecule has 5 heterocycles. The van der Waals surface area contributed by atoms with E-state index in [1.54, 1.807) is 29.9 Å². The lowest BCUT2D eigenvalue weighted by Gasteiger charge is -2.22. The van der Waals surface area contributed by atoms with E-state index in [-0.39, 0.29) is 11.9 Å². The van der Waals surface area contributed by atoms with Gasteiger partial charge in [0.2, 0.25) is 11.9 Å². The Kier molecular flexibility index (Phi) is 4.72. The van der Waals surface area contributed by atoms with Gasteiger partial charge in [-0.15, -0.1) is 5.10 Å². The fourth-order valence-corrected chi connectivity index (χ4v) is 3.89. The number of halogens is 2. The summed E-state index contributed by atoms with van der Waals surface area (Å²) >= 11 is 0. The van der Waals surface area contributed by atoms with Crippen LogP contribution in [0.2, 0.25) is 0 Å². The highest BCUT2D eigenvalue weighted by molar-refractivity contribution is 5.83. The van der Waals surface area contributed by atoms with Gasteiger partial charge in [-0.05, 0) is 31.5 Å². The predicted octanol–water partition coefficient (Wildman–Crippen LogP) is 2.41. The third kappa shape index (κ3) is 3.66. The summed E-state index contributed by atoms with van der Waals surface area (Å²) < 4.78 is 29.1. The number of nitrogens with zero attached hydrogens (tertiary/aromatic N) is 6. The number of rotatable bonds is 5. The van der Waals surface area contributed by atoms with Crippen LogP contribution < -0.4 is 10.6 Å². The fourth-order valence-electron chi connectivity index (χ4n) is 3.89. The Morgan fingerprint density at radius 3 is 2.97 bits per heavy atom. The maximum Gasteiger partial charge on any atom is 0.256 e. The van der Waals surface area contributed by atoms with Crippen molar-refractivity contribution in [3.63, 3.8) is 0 Å². The second-order valence-electron chi connectivity index (χ2n) is 7.52. The summed E-state index contributed by atoms with van der Waals surface area (Å²) in [6.45, 7) is 1.87. The Labute approximate surface area is 175 Å². The maximum atomic E-state index is 13.0. The lowest BCUT2D eigenvalue weighted by Crippen LogP contribution is -2.40. The van der Waals surface area contributed by atoms with Crippen LogP contribution in [-0.2, 0) is 11.3 Å². The molecule has 1 fully saturated rings. The number of amides is 1. The van der Waals surface area contributed by atoms with E-state index in [1.807, 2.05) is 12.1 Å². The summed E-state index contributed by atoms with van der Waals surface area (Å²) in [4.78, 5) is 24.9. The summed E-state index contributed by atoms with van der Waals surface area (Å²) in [6, 6.07) is 5.44. The Hall–Kier alpha value is -3.63. The van der Waals surface area contributed by atoms with Crippen LogP contribution in [0.5, 0.6) is 0 Å². The minimum atomic E-state index is -2.49. The summed E-state index contributed by atoms with van der Waals surface area (Å²) in [5, 5.41) is 10.5. The zero-order valence-electron chi connectivity index (χ0n) is 16.7. The molecule has 31 heavy (non-hydrogen) atoms. The zero-order valence-corrected chi connectivity index (χ0v) is 16.7. The molecular weight excluding hydrogens is 406 g/mol. The van der Waals surface area contributed by atoms with Gasteiger partial charge in [-0.1, -0.05) is 0 Å². The fraction of sp³-hybridized carbons (Fsp3) is 0.350. The van der Waals surface area contributed by atoms with Gasteiger partial charge < -0.3 is 15.2 Å². The largest absolute Gasteiger partial charge is 0.356 e.